The lowest BCUT2D eigenvalue weighted by molar-refractivity contribution is -0.142. The van der Waals surface area contributed by atoms with Crippen molar-refractivity contribution in [3.05, 3.63) is 78.9 Å². The maximum atomic E-state index is 12.6. The number of esters is 1. The molecule has 1 aromatic heterocycles. The van der Waals surface area contributed by atoms with E-state index in [2.05, 4.69) is 10.6 Å². The summed E-state index contributed by atoms with van der Waals surface area (Å²) < 4.78 is 15.7. The third-order valence-corrected chi connectivity index (χ3v) is 5.03. The van der Waals surface area contributed by atoms with E-state index < -0.39 is 12.0 Å². The Hall–Kier alpha value is -4.59. The maximum absolute atomic E-state index is 12.6. The second-order valence-corrected chi connectivity index (χ2v) is 7.25. The quantitative estimate of drug-likeness (QED) is 0.375. The highest BCUT2D eigenvalue weighted by molar-refractivity contribution is 6.02. The van der Waals surface area contributed by atoms with E-state index in [1.54, 1.807) is 42.5 Å². The number of nitrogens with one attached hydrogen (secondary N) is 2. The summed E-state index contributed by atoms with van der Waals surface area (Å²) >= 11 is 0. The van der Waals surface area contributed by atoms with Crippen LogP contribution in [-0.2, 0) is 9.53 Å². The van der Waals surface area contributed by atoms with Gasteiger partial charge in [-0.05, 0) is 30.3 Å². The number of anilines is 2. The minimum absolute atomic E-state index is 0.254. The van der Waals surface area contributed by atoms with Crippen LogP contribution in [0.3, 0.4) is 0 Å². The monoisotopic (exact) mass is 457 g/mol. The van der Waals surface area contributed by atoms with Gasteiger partial charge in [0.15, 0.2) is 6.61 Å². The minimum atomic E-state index is -0.503. The van der Waals surface area contributed by atoms with Crippen molar-refractivity contribution in [1.29, 1.82) is 0 Å². The lowest BCUT2D eigenvalue weighted by atomic mass is 10.1. The molecule has 8 heteroatoms. The third-order valence-electron chi connectivity index (χ3n) is 5.03. The summed E-state index contributed by atoms with van der Waals surface area (Å²) in [6.07, 6.45) is 0. The minimum Gasteiger partial charge on any atom is -0.495 e. The summed E-state index contributed by atoms with van der Waals surface area (Å²) in [7, 11) is 2.84. The van der Waals surface area contributed by atoms with E-state index in [1.807, 2.05) is 36.4 Å². The standard InChI is InChI=1S/C26H23N3O5/c1-32-23-11-7-6-10-21(23)29-26(31)27-18-12-13-20-19(14-18)24(34-16-25(30)33-2)15-22(28-20)17-8-4-3-5-9-17/h3-15H,16H2,1-2H3,(H2,27,29,31). The number of nitrogens with zero attached hydrogens (tertiary/aromatic N) is 1. The normalized spacial score (nSPS) is 10.4. The van der Waals surface area contributed by atoms with Gasteiger partial charge in [-0.2, -0.15) is 0 Å². The van der Waals surface area contributed by atoms with Crippen LogP contribution < -0.4 is 20.1 Å². The van der Waals surface area contributed by atoms with Crippen LogP contribution >= 0.6 is 0 Å². The second kappa shape index (κ2) is 10.4. The van der Waals surface area contributed by atoms with E-state index in [1.165, 1.54) is 14.2 Å². The lowest BCUT2D eigenvalue weighted by Gasteiger charge is -2.14. The van der Waals surface area contributed by atoms with Gasteiger partial charge in [-0.3, -0.25) is 0 Å². The molecule has 0 aliphatic rings. The van der Waals surface area contributed by atoms with E-state index in [-0.39, 0.29) is 6.61 Å². The van der Waals surface area contributed by atoms with Gasteiger partial charge in [0.2, 0.25) is 0 Å². The maximum Gasteiger partial charge on any atom is 0.343 e. The highest BCUT2D eigenvalue weighted by Crippen LogP contribution is 2.32. The second-order valence-electron chi connectivity index (χ2n) is 7.25. The molecule has 0 fully saturated rings. The summed E-state index contributed by atoms with van der Waals surface area (Å²) in [4.78, 5) is 29.0. The first-order valence-electron chi connectivity index (χ1n) is 10.5. The zero-order valence-corrected chi connectivity index (χ0v) is 18.7. The molecule has 0 aliphatic carbocycles. The van der Waals surface area contributed by atoms with Gasteiger partial charge in [-0.25, -0.2) is 14.6 Å². The molecule has 0 saturated carbocycles. The fraction of sp³-hybridized carbons (Fsp3) is 0.115. The summed E-state index contributed by atoms with van der Waals surface area (Å²) in [6.45, 7) is -0.254. The van der Waals surface area contributed by atoms with Gasteiger partial charge in [0, 0.05) is 22.7 Å². The number of benzene rings is 3. The Morgan fingerprint density at radius 3 is 2.38 bits per heavy atom. The van der Waals surface area contributed by atoms with Crippen LogP contribution in [0.1, 0.15) is 0 Å². The number of methoxy groups -OCH3 is 2. The van der Waals surface area contributed by atoms with Crippen LogP contribution in [0.5, 0.6) is 11.5 Å². The Labute approximate surface area is 196 Å². The third kappa shape index (κ3) is 5.24. The molecule has 0 spiro atoms. The molecule has 0 atom stereocenters. The smallest absolute Gasteiger partial charge is 0.343 e. The van der Waals surface area contributed by atoms with Crippen molar-refractivity contribution in [3.8, 4) is 22.8 Å². The topological polar surface area (TPSA) is 98.8 Å². The Bertz CT molecular complexity index is 1320. The number of ether oxygens (including phenoxy) is 3. The molecule has 0 bridgehead atoms. The van der Waals surface area contributed by atoms with Gasteiger partial charge in [0.05, 0.1) is 31.1 Å². The van der Waals surface area contributed by atoms with Gasteiger partial charge in [0.1, 0.15) is 11.5 Å². The molecule has 172 valence electrons. The van der Waals surface area contributed by atoms with Crippen molar-refractivity contribution in [2.45, 2.75) is 0 Å². The van der Waals surface area contributed by atoms with Crippen LogP contribution in [0.2, 0.25) is 0 Å². The van der Waals surface area contributed by atoms with E-state index in [9.17, 15) is 9.59 Å². The molecule has 4 rings (SSSR count). The molecule has 0 aliphatic heterocycles. The molecular formula is C26H23N3O5. The first-order valence-corrected chi connectivity index (χ1v) is 10.5. The molecule has 0 unspecified atom stereocenters. The average molecular weight is 457 g/mol. The lowest BCUT2D eigenvalue weighted by Crippen LogP contribution is -2.19. The Morgan fingerprint density at radius 1 is 0.853 bits per heavy atom. The van der Waals surface area contributed by atoms with Gasteiger partial charge in [-0.15, -0.1) is 0 Å². The highest BCUT2D eigenvalue weighted by Gasteiger charge is 2.13. The molecule has 8 nitrogen and oxygen atoms in total. The number of hydrogen-bond acceptors (Lipinski definition) is 6. The van der Waals surface area contributed by atoms with Crippen molar-refractivity contribution in [1.82, 2.24) is 4.98 Å². The number of pyridine rings is 1. The molecule has 2 amide bonds. The van der Waals surface area contributed by atoms with Gasteiger partial charge >= 0.3 is 12.0 Å². The van der Waals surface area contributed by atoms with Crippen LogP contribution in [0.25, 0.3) is 22.2 Å². The molecule has 1 heterocycles. The Morgan fingerprint density at radius 2 is 1.62 bits per heavy atom. The number of hydrogen-bond donors (Lipinski definition) is 2. The molecule has 4 aromatic rings. The fourth-order valence-electron chi connectivity index (χ4n) is 3.38. The van der Waals surface area contributed by atoms with E-state index in [4.69, 9.17) is 19.2 Å². The van der Waals surface area contributed by atoms with E-state index in [0.29, 0.717) is 39.5 Å². The van der Waals surface area contributed by atoms with E-state index in [0.717, 1.165) is 5.56 Å². The van der Waals surface area contributed by atoms with Crippen molar-refractivity contribution < 1.29 is 23.8 Å². The molecule has 0 saturated heterocycles. The fourth-order valence-corrected chi connectivity index (χ4v) is 3.38. The summed E-state index contributed by atoms with van der Waals surface area (Å²) in [5, 5.41) is 6.21. The number of rotatable bonds is 7. The number of amides is 2. The Balaban J connectivity index is 1.64. The van der Waals surface area contributed by atoms with Crippen LogP contribution in [0, 0.1) is 0 Å². The largest absolute Gasteiger partial charge is 0.495 e. The van der Waals surface area contributed by atoms with Crippen LogP contribution in [0.4, 0.5) is 16.2 Å². The molecule has 2 N–H and O–H groups in total. The summed E-state index contributed by atoms with van der Waals surface area (Å²) in [6, 6.07) is 23.4. The van der Waals surface area contributed by atoms with Crippen molar-refractivity contribution >= 4 is 34.3 Å². The highest BCUT2D eigenvalue weighted by atomic mass is 16.6. The number of carbonyl (C=O) groups is 2. The van der Waals surface area contributed by atoms with Gasteiger partial charge in [0.25, 0.3) is 0 Å². The zero-order valence-electron chi connectivity index (χ0n) is 18.7. The van der Waals surface area contributed by atoms with E-state index >= 15 is 0 Å². The van der Waals surface area contributed by atoms with Crippen LogP contribution in [0.15, 0.2) is 78.9 Å². The molecular weight excluding hydrogens is 434 g/mol. The van der Waals surface area contributed by atoms with Crippen LogP contribution in [-0.4, -0.2) is 37.8 Å². The number of urea groups is 1. The number of aromatic nitrogens is 1. The molecule has 0 radical (unpaired) electrons. The number of para-hydroxylation sites is 2. The predicted octanol–water partition coefficient (Wildman–Crippen LogP) is 5.11. The Kier molecular flexibility index (Phi) is 6.88. The first kappa shape index (κ1) is 22.6. The molecule has 34 heavy (non-hydrogen) atoms. The SMILES string of the molecule is COC(=O)COc1cc(-c2ccccc2)nc2ccc(NC(=O)Nc3ccccc3OC)cc12. The van der Waals surface area contributed by atoms with Crippen molar-refractivity contribution in [2.75, 3.05) is 31.5 Å². The van der Waals surface area contributed by atoms with Crippen molar-refractivity contribution in [3.63, 3.8) is 0 Å². The summed E-state index contributed by atoms with van der Waals surface area (Å²) in [5.74, 6) is 0.493. The van der Waals surface area contributed by atoms with Crippen molar-refractivity contribution in [2.24, 2.45) is 0 Å². The predicted molar refractivity (Wildman–Crippen MR) is 130 cm³/mol. The summed E-state index contributed by atoms with van der Waals surface area (Å²) in [5.41, 5.74) is 3.32. The zero-order chi connectivity index (χ0) is 23.9. The van der Waals surface area contributed by atoms with Gasteiger partial charge < -0.3 is 24.8 Å². The van der Waals surface area contributed by atoms with Gasteiger partial charge in [-0.1, -0.05) is 42.5 Å². The first-order chi connectivity index (χ1) is 16.6. The average Bonchev–Trinajstić information content (AvgIpc) is 2.87. The number of carbonyl (C=O) groups excluding carboxylic acids is 2. The number of fused-ring (bicyclic) bond motifs is 1. The molecule has 3 aromatic carbocycles.